The minimum Gasteiger partial charge on any atom is -0.496 e. The molecule has 100 heavy (non-hydrogen) atoms. The van der Waals surface area contributed by atoms with Crippen LogP contribution in [0, 0.1) is 60.2 Å². The topological polar surface area (TPSA) is 251 Å². The van der Waals surface area contributed by atoms with Crippen LogP contribution in [0.2, 0.25) is 0 Å². The van der Waals surface area contributed by atoms with Gasteiger partial charge in [0.05, 0.1) is 65.9 Å². The Bertz CT molecular complexity index is 3960. The van der Waals surface area contributed by atoms with Crippen molar-refractivity contribution in [2.75, 3.05) is 20.8 Å². The summed E-state index contributed by atoms with van der Waals surface area (Å²) >= 11 is 3.09. The van der Waals surface area contributed by atoms with Crippen LogP contribution in [0.4, 0.5) is 0 Å². The highest BCUT2D eigenvalue weighted by molar-refractivity contribution is 7.13. The number of carboxylic acids is 1. The van der Waals surface area contributed by atoms with Gasteiger partial charge in [-0.2, -0.15) is 0 Å². The summed E-state index contributed by atoms with van der Waals surface area (Å²) in [6, 6.07) is 11.0. The summed E-state index contributed by atoms with van der Waals surface area (Å²) in [6.45, 7) is 21.8. The Morgan fingerprint density at radius 1 is 0.740 bits per heavy atom. The Morgan fingerprint density at radius 3 is 1.98 bits per heavy atom. The SMILES string of the molecule is C.C.C.C=CCCCCCCC(=O)[C@@H]1C[C@@H](O)C[C@H]1C(=O)C[C@]1(C(=O)OCC)C[C@H]1C=C.COc1ccc2c(=O)cc(-c3nc(C(C)C)cs3)[nH]c2c1C.COc1ccc2c(O[C@H]3C[C@H]4C(=O)CCCCCC/C=C\[C@@H]5C[C@@]5(C(=O)O)CC(=O)[C@@H]4C3)cc(-c3nc(C(C)C)cs3)nc2c1C. The van der Waals surface area contributed by atoms with Gasteiger partial charge in [0.2, 0.25) is 0 Å². The van der Waals surface area contributed by atoms with Gasteiger partial charge in [-0.15, -0.1) is 35.8 Å². The van der Waals surface area contributed by atoms with Gasteiger partial charge in [0, 0.05) is 94.1 Å². The normalized spacial score (nSPS) is 24.2. The number of hydrogen-bond acceptors (Lipinski definition) is 17. The number of benzene rings is 2. The number of aliphatic carboxylic acids is 1. The number of pyridine rings is 2. The quantitative estimate of drug-likeness (QED) is 0.0306. The van der Waals surface area contributed by atoms with Gasteiger partial charge >= 0.3 is 11.9 Å². The third-order valence-corrected chi connectivity index (χ3v) is 22.4. The monoisotopic (exact) mass is 1410 g/mol. The molecule has 4 fully saturated rings. The molecule has 17 nitrogen and oxygen atoms in total. The number of esters is 1. The number of carbonyl (C=O) groups excluding carboxylic acids is 5. The van der Waals surface area contributed by atoms with Gasteiger partial charge in [0.1, 0.15) is 62.2 Å². The number of nitrogens with one attached hydrogen (secondary N) is 1. The number of methoxy groups -OCH3 is 2. The van der Waals surface area contributed by atoms with Crippen molar-refractivity contribution in [3.63, 3.8) is 0 Å². The number of carbonyl (C=O) groups is 6. The Kier molecular flexibility index (Phi) is 29.7. The number of aromatic nitrogens is 4. The van der Waals surface area contributed by atoms with Crippen LogP contribution in [-0.2, 0) is 33.5 Å². The number of ether oxygens (including phenoxy) is 4. The molecule has 0 unspecified atom stereocenters. The van der Waals surface area contributed by atoms with E-state index in [1.54, 1.807) is 62.0 Å². The molecule has 0 aliphatic heterocycles. The molecule has 4 aromatic heterocycles. The average Bonchev–Trinajstić information content (AvgIpc) is 1.57. The number of aryl methyl sites for hydroxylation is 2. The molecule has 544 valence electrons. The summed E-state index contributed by atoms with van der Waals surface area (Å²) in [5.41, 5.74) is 5.00. The number of fused-ring (bicyclic) bond motifs is 4. The second-order valence-corrected chi connectivity index (χ2v) is 29.6. The number of allylic oxidation sites excluding steroid dienone is 4. The van der Waals surface area contributed by atoms with E-state index >= 15 is 0 Å². The Balaban J connectivity index is 0.000000251. The van der Waals surface area contributed by atoms with Crippen LogP contribution in [0.5, 0.6) is 17.2 Å². The zero-order valence-corrected chi connectivity index (χ0v) is 59.6. The molecule has 19 heteroatoms. The smallest absolute Gasteiger partial charge is 0.313 e. The zero-order valence-electron chi connectivity index (χ0n) is 58.0. The average molecular weight is 1410 g/mol. The molecule has 5 aliphatic carbocycles. The number of aliphatic hydroxyl groups excluding tert-OH is 1. The van der Waals surface area contributed by atoms with Crippen LogP contribution in [0.25, 0.3) is 43.2 Å². The lowest BCUT2D eigenvalue weighted by atomic mass is 9.82. The molecule has 0 saturated heterocycles. The number of unbranched alkanes of at least 4 members (excludes halogenated alkanes) is 4. The van der Waals surface area contributed by atoms with Crippen molar-refractivity contribution in [1.82, 2.24) is 19.9 Å². The van der Waals surface area contributed by atoms with Gasteiger partial charge in [0.15, 0.2) is 5.43 Å². The number of nitrogens with zero attached hydrogens (tertiary/aromatic N) is 3. The molecule has 0 spiro atoms. The zero-order chi connectivity index (χ0) is 69.9. The van der Waals surface area contributed by atoms with E-state index in [0.717, 1.165) is 130 Å². The van der Waals surface area contributed by atoms with Crippen LogP contribution in [0.3, 0.4) is 0 Å². The molecule has 4 saturated carbocycles. The molecule has 0 bridgehead atoms. The van der Waals surface area contributed by atoms with Gasteiger partial charge < -0.3 is 34.1 Å². The molecule has 5 aliphatic rings. The lowest BCUT2D eigenvalue weighted by Gasteiger charge is -2.20. The van der Waals surface area contributed by atoms with E-state index in [4.69, 9.17) is 28.9 Å². The molecule has 4 heterocycles. The van der Waals surface area contributed by atoms with E-state index in [0.29, 0.717) is 74.1 Å². The van der Waals surface area contributed by atoms with E-state index in [1.807, 2.05) is 55.6 Å². The highest BCUT2D eigenvalue weighted by atomic mass is 32.1. The van der Waals surface area contributed by atoms with Crippen molar-refractivity contribution >= 4 is 79.6 Å². The molecule has 0 amide bonds. The number of carboxylic acid groups (broad SMARTS) is 1. The highest BCUT2D eigenvalue weighted by Crippen LogP contribution is 2.59. The first-order chi connectivity index (χ1) is 46.5. The number of aliphatic hydroxyl groups is 1. The lowest BCUT2D eigenvalue weighted by molar-refractivity contribution is -0.152. The van der Waals surface area contributed by atoms with Crippen molar-refractivity contribution in [3.05, 3.63) is 117 Å². The Hall–Kier alpha value is -7.48. The number of Topliss-reactive ketones (excluding diaryl/α,β-unsaturated/α-hetero) is 4. The predicted molar refractivity (Wildman–Crippen MR) is 402 cm³/mol. The van der Waals surface area contributed by atoms with Crippen molar-refractivity contribution in [2.45, 2.75) is 223 Å². The molecule has 0 radical (unpaired) electrons. The van der Waals surface area contributed by atoms with E-state index in [2.05, 4.69) is 62.3 Å². The van der Waals surface area contributed by atoms with Gasteiger partial charge in [-0.05, 0) is 146 Å². The van der Waals surface area contributed by atoms with Gasteiger partial charge in [-0.1, -0.05) is 100.0 Å². The maximum Gasteiger partial charge on any atom is 0.313 e. The number of aromatic amines is 1. The second-order valence-electron chi connectivity index (χ2n) is 27.9. The van der Waals surface area contributed by atoms with Crippen molar-refractivity contribution in [2.24, 2.45) is 46.3 Å². The minimum atomic E-state index is -1.06. The molecular weight excluding hydrogens is 1300 g/mol. The lowest BCUT2D eigenvalue weighted by Crippen LogP contribution is -2.31. The second kappa shape index (κ2) is 36.4. The number of thiazole rings is 2. The summed E-state index contributed by atoms with van der Waals surface area (Å²) in [5, 5.41) is 27.5. The maximum atomic E-state index is 13.9. The fourth-order valence-electron chi connectivity index (χ4n) is 14.5. The summed E-state index contributed by atoms with van der Waals surface area (Å²) in [6.07, 6.45) is 19.8. The van der Waals surface area contributed by atoms with Gasteiger partial charge in [-0.25, -0.2) is 15.0 Å². The van der Waals surface area contributed by atoms with Gasteiger partial charge in [-0.3, -0.25) is 33.6 Å². The standard InChI is InChI=1S/C37H44N2O6S.C24H36O5.C17H18N2O2S.3CH4/c1-21(2)29-20-46-35(39-29)28-17-33(25-13-14-32(44-4)22(3)34(25)38-28)45-24-15-26-27(16-24)31(41)19-37(36(42)43)18-23(37)11-9-7-5-6-8-10-12-30(26)40;1-4-7-8-9-10-11-12-21(26)19-13-18(25)14-20(19)22(27)16-24(15-17(24)5-2)23(28)29-6-3;1-9(2)13-8-22-17(19-13)12-7-14(20)11-5-6-15(21-4)10(3)16(11)18-12;;;/h9,11,13-14,17,20-21,23-24,26-27H,5-8,10,12,15-16,18-19H2,1-4H3,(H,42,43);4-5,17-20,25H,1-2,6-16H2,3H3;5-9H,1-4H3,(H,18,20);3*1H4/b11-9-;;;;;/t23-,24+,26-,27-,37-;17-,18-,19-,20-,24-;;;;/m11..../s1. The number of H-pyrrole nitrogens is 1. The Labute approximate surface area is 600 Å². The third-order valence-electron chi connectivity index (χ3n) is 20.6. The molecule has 11 rings (SSSR count). The maximum absolute atomic E-state index is 13.9. The van der Waals surface area contributed by atoms with E-state index < -0.39 is 46.6 Å². The fourth-order valence-corrected chi connectivity index (χ4v) is 16.4. The molecule has 2 aromatic carbocycles. The molecular formula is C81H110N4O13S2. The highest BCUT2D eigenvalue weighted by Gasteiger charge is 2.62. The summed E-state index contributed by atoms with van der Waals surface area (Å²) in [7, 11) is 3.27. The van der Waals surface area contributed by atoms with Crippen LogP contribution in [-0.4, -0.2) is 98.3 Å². The summed E-state index contributed by atoms with van der Waals surface area (Å²) in [4.78, 5) is 108. The number of hydrogen-bond donors (Lipinski definition) is 3. The molecule has 6 aromatic rings. The van der Waals surface area contributed by atoms with Crippen LogP contribution < -0.4 is 19.6 Å². The largest absolute Gasteiger partial charge is 0.496 e. The minimum absolute atomic E-state index is 0. The third kappa shape index (κ3) is 18.8. The first-order valence-electron chi connectivity index (χ1n) is 34.9. The molecule has 10 atom stereocenters. The van der Waals surface area contributed by atoms with Gasteiger partial charge in [0.25, 0.3) is 0 Å². The first kappa shape index (κ1) is 81.5. The van der Waals surface area contributed by atoms with Crippen molar-refractivity contribution < 1.29 is 57.9 Å². The van der Waals surface area contributed by atoms with E-state index in [9.17, 15) is 43.8 Å². The molecule has 3 N–H and O–H groups in total. The predicted octanol–water partition coefficient (Wildman–Crippen LogP) is 18.3. The number of rotatable bonds is 23. The fraction of sp³-hybridized carbons (Fsp3) is 0.556. The van der Waals surface area contributed by atoms with Crippen LogP contribution in [0.1, 0.15) is 220 Å². The van der Waals surface area contributed by atoms with Crippen LogP contribution in [0.15, 0.2) is 89.4 Å². The van der Waals surface area contributed by atoms with E-state index in [-0.39, 0.29) is 100 Å². The summed E-state index contributed by atoms with van der Waals surface area (Å²) < 4.78 is 22.9. The van der Waals surface area contributed by atoms with Crippen LogP contribution >= 0.6 is 22.7 Å². The van der Waals surface area contributed by atoms with E-state index in [1.165, 1.54) is 0 Å². The number of ketones is 4. The Morgan fingerprint density at radius 2 is 1.36 bits per heavy atom. The van der Waals surface area contributed by atoms with Crippen molar-refractivity contribution in [1.29, 1.82) is 0 Å². The summed E-state index contributed by atoms with van der Waals surface area (Å²) in [5.74, 6) is -0.651. The first-order valence-corrected chi connectivity index (χ1v) is 36.6. The van der Waals surface area contributed by atoms with Crippen molar-refractivity contribution in [3.8, 4) is 38.7 Å².